The molecule has 3 aromatic rings. The van der Waals surface area contributed by atoms with Gasteiger partial charge in [-0.05, 0) is 29.8 Å². The average molecular weight is 342 g/mol. The van der Waals surface area contributed by atoms with E-state index in [9.17, 15) is 4.79 Å². The van der Waals surface area contributed by atoms with E-state index in [2.05, 4.69) is 8.75 Å². The van der Waals surface area contributed by atoms with Crippen molar-refractivity contribution < 1.29 is 19.0 Å². The third-order valence-electron chi connectivity index (χ3n) is 4.18. The molecule has 1 aliphatic heterocycles. The number of carbonyl (C=O) groups is 1. The maximum Gasteiger partial charge on any atom is 0.312 e. The number of hydrogen-bond donors (Lipinski definition) is 0. The molecule has 7 heteroatoms. The molecular formula is C17H14N2O4S. The van der Waals surface area contributed by atoms with Crippen LogP contribution in [0.25, 0.3) is 11.0 Å². The molecule has 0 amide bonds. The molecule has 1 unspecified atom stereocenters. The predicted octanol–water partition coefficient (Wildman–Crippen LogP) is 3.15. The predicted molar refractivity (Wildman–Crippen MR) is 89.1 cm³/mol. The van der Waals surface area contributed by atoms with Crippen molar-refractivity contribution in [2.75, 3.05) is 14.2 Å². The van der Waals surface area contributed by atoms with Crippen LogP contribution < -0.4 is 14.2 Å². The van der Waals surface area contributed by atoms with Gasteiger partial charge in [0.1, 0.15) is 16.8 Å². The van der Waals surface area contributed by atoms with Crippen molar-refractivity contribution in [3.63, 3.8) is 0 Å². The van der Waals surface area contributed by atoms with Crippen LogP contribution in [0.5, 0.6) is 17.2 Å². The van der Waals surface area contributed by atoms with E-state index in [1.165, 1.54) is 0 Å². The van der Waals surface area contributed by atoms with E-state index in [1.54, 1.807) is 20.3 Å². The van der Waals surface area contributed by atoms with Crippen LogP contribution in [0, 0.1) is 0 Å². The van der Waals surface area contributed by atoms with E-state index in [1.807, 2.05) is 24.3 Å². The monoisotopic (exact) mass is 342 g/mol. The Hall–Kier alpha value is -2.67. The Labute approximate surface area is 142 Å². The van der Waals surface area contributed by atoms with Gasteiger partial charge in [0.25, 0.3) is 0 Å². The minimum Gasteiger partial charge on any atom is -0.493 e. The van der Waals surface area contributed by atoms with Crippen molar-refractivity contribution in [2.45, 2.75) is 12.3 Å². The molecule has 2 aromatic carbocycles. The van der Waals surface area contributed by atoms with Crippen molar-refractivity contribution in [1.82, 2.24) is 8.75 Å². The lowest BCUT2D eigenvalue weighted by Crippen LogP contribution is -2.21. The number of methoxy groups -OCH3 is 2. The largest absolute Gasteiger partial charge is 0.493 e. The molecule has 1 aromatic heterocycles. The SMILES string of the molecule is COc1ccc(C2CC(=O)Oc3ccc4nsnc4c32)cc1OC. The standard InChI is InChI=1S/C17H14N2O4S/c1-21-12-5-3-9(7-14(12)22-2)10-8-15(20)23-13-6-4-11-17(16(10)13)19-24-18-11/h3-7,10H,8H2,1-2H3. The molecule has 0 fully saturated rings. The van der Waals surface area contributed by atoms with Crippen molar-refractivity contribution in [3.05, 3.63) is 41.5 Å². The molecule has 2 heterocycles. The first-order chi connectivity index (χ1) is 11.7. The van der Waals surface area contributed by atoms with Crippen molar-refractivity contribution in [1.29, 1.82) is 0 Å². The zero-order valence-corrected chi connectivity index (χ0v) is 13.9. The number of ether oxygens (including phenoxy) is 3. The van der Waals surface area contributed by atoms with Crippen LogP contribution in [0.1, 0.15) is 23.5 Å². The molecule has 0 saturated carbocycles. The molecule has 0 radical (unpaired) electrons. The molecule has 0 bridgehead atoms. The fourth-order valence-corrected chi connectivity index (χ4v) is 3.62. The van der Waals surface area contributed by atoms with E-state index in [0.29, 0.717) is 17.2 Å². The number of hydrogen-bond acceptors (Lipinski definition) is 7. The van der Waals surface area contributed by atoms with E-state index in [0.717, 1.165) is 33.9 Å². The highest BCUT2D eigenvalue weighted by Crippen LogP contribution is 2.44. The third kappa shape index (κ3) is 2.28. The fraction of sp³-hybridized carbons (Fsp3) is 0.235. The van der Waals surface area contributed by atoms with E-state index >= 15 is 0 Å². The van der Waals surface area contributed by atoms with Crippen LogP contribution in [0.2, 0.25) is 0 Å². The molecule has 6 nitrogen and oxygen atoms in total. The second-order valence-corrected chi connectivity index (χ2v) is 5.98. The highest BCUT2D eigenvalue weighted by Gasteiger charge is 2.32. The summed E-state index contributed by atoms with van der Waals surface area (Å²) >= 11 is 1.15. The van der Waals surface area contributed by atoms with Gasteiger partial charge in [-0.25, -0.2) is 0 Å². The summed E-state index contributed by atoms with van der Waals surface area (Å²) in [6.07, 6.45) is 0.249. The van der Waals surface area contributed by atoms with Gasteiger partial charge >= 0.3 is 5.97 Å². The molecule has 122 valence electrons. The molecule has 0 spiro atoms. The van der Waals surface area contributed by atoms with E-state index in [-0.39, 0.29) is 18.3 Å². The first-order valence-electron chi connectivity index (χ1n) is 7.39. The smallest absolute Gasteiger partial charge is 0.312 e. The first-order valence-corrected chi connectivity index (χ1v) is 8.12. The molecule has 4 rings (SSSR count). The molecular weight excluding hydrogens is 328 g/mol. The van der Waals surface area contributed by atoms with Crippen LogP contribution in [-0.4, -0.2) is 28.9 Å². The Morgan fingerprint density at radius 1 is 1.12 bits per heavy atom. The van der Waals surface area contributed by atoms with Crippen molar-refractivity contribution >= 4 is 28.7 Å². The lowest BCUT2D eigenvalue weighted by Gasteiger charge is -2.25. The summed E-state index contributed by atoms with van der Waals surface area (Å²) in [6, 6.07) is 9.27. The van der Waals surface area contributed by atoms with Gasteiger partial charge < -0.3 is 14.2 Å². The normalized spacial score (nSPS) is 16.6. The van der Waals surface area contributed by atoms with Crippen LogP contribution >= 0.6 is 11.7 Å². The summed E-state index contributed by atoms with van der Waals surface area (Å²) in [5.74, 6) is 1.40. The van der Waals surface area contributed by atoms with Crippen LogP contribution in [-0.2, 0) is 4.79 Å². The van der Waals surface area contributed by atoms with Gasteiger partial charge in [0.15, 0.2) is 11.5 Å². The molecule has 0 saturated heterocycles. The van der Waals surface area contributed by atoms with Gasteiger partial charge in [-0.1, -0.05) is 6.07 Å². The highest BCUT2D eigenvalue weighted by molar-refractivity contribution is 7.00. The number of rotatable bonds is 3. The van der Waals surface area contributed by atoms with E-state index < -0.39 is 0 Å². The topological polar surface area (TPSA) is 70.5 Å². The van der Waals surface area contributed by atoms with Gasteiger partial charge in [-0.2, -0.15) is 8.75 Å². The van der Waals surface area contributed by atoms with Crippen molar-refractivity contribution in [3.8, 4) is 17.2 Å². The van der Waals surface area contributed by atoms with Gasteiger partial charge in [-0.15, -0.1) is 0 Å². The molecule has 0 N–H and O–H groups in total. The summed E-state index contributed by atoms with van der Waals surface area (Å²) in [5, 5.41) is 0. The second kappa shape index (κ2) is 5.76. The zero-order chi connectivity index (χ0) is 16.7. The van der Waals surface area contributed by atoms with Gasteiger partial charge in [-0.3, -0.25) is 4.79 Å². The lowest BCUT2D eigenvalue weighted by atomic mass is 9.85. The Balaban J connectivity index is 1.90. The fourth-order valence-electron chi connectivity index (χ4n) is 3.07. The van der Waals surface area contributed by atoms with Gasteiger partial charge in [0.2, 0.25) is 0 Å². The zero-order valence-electron chi connectivity index (χ0n) is 13.1. The minimum absolute atomic E-state index is 0.159. The van der Waals surface area contributed by atoms with Crippen LogP contribution in [0.4, 0.5) is 0 Å². The minimum atomic E-state index is -0.259. The number of aromatic nitrogens is 2. The Bertz CT molecular complexity index is 937. The number of nitrogens with zero attached hydrogens (tertiary/aromatic N) is 2. The summed E-state index contributed by atoms with van der Waals surface area (Å²) in [7, 11) is 3.18. The number of esters is 1. The summed E-state index contributed by atoms with van der Waals surface area (Å²) in [5.41, 5.74) is 3.44. The second-order valence-electron chi connectivity index (χ2n) is 5.45. The molecule has 0 aliphatic carbocycles. The highest BCUT2D eigenvalue weighted by atomic mass is 32.1. The number of fused-ring (bicyclic) bond motifs is 3. The number of carbonyl (C=O) groups excluding carboxylic acids is 1. The van der Waals surface area contributed by atoms with Gasteiger partial charge in [0, 0.05) is 11.5 Å². The van der Waals surface area contributed by atoms with E-state index in [4.69, 9.17) is 14.2 Å². The summed E-state index contributed by atoms with van der Waals surface area (Å²) in [4.78, 5) is 12.0. The van der Waals surface area contributed by atoms with Gasteiger partial charge in [0.05, 0.1) is 32.4 Å². The third-order valence-corrected chi connectivity index (χ3v) is 4.72. The molecule has 1 aliphatic rings. The Morgan fingerprint density at radius 3 is 2.75 bits per heavy atom. The van der Waals surface area contributed by atoms with Crippen molar-refractivity contribution in [2.24, 2.45) is 0 Å². The Morgan fingerprint density at radius 2 is 1.96 bits per heavy atom. The maximum absolute atomic E-state index is 12.0. The van der Waals surface area contributed by atoms with Crippen LogP contribution in [0.15, 0.2) is 30.3 Å². The molecule has 24 heavy (non-hydrogen) atoms. The summed E-state index contributed by atoms with van der Waals surface area (Å²) < 4.78 is 24.8. The quantitative estimate of drug-likeness (QED) is 0.538. The Kier molecular flexibility index (Phi) is 3.57. The number of benzene rings is 2. The maximum atomic E-state index is 12.0. The summed E-state index contributed by atoms with van der Waals surface area (Å²) in [6.45, 7) is 0. The molecule has 1 atom stereocenters. The lowest BCUT2D eigenvalue weighted by molar-refractivity contribution is -0.135. The van der Waals surface area contributed by atoms with Crippen LogP contribution in [0.3, 0.4) is 0 Å². The first kappa shape index (κ1) is 14.9. The average Bonchev–Trinajstić information content (AvgIpc) is 3.09.